The lowest BCUT2D eigenvalue weighted by Gasteiger charge is -2.24. The summed E-state index contributed by atoms with van der Waals surface area (Å²) in [7, 11) is -3.86. The number of amides is 1. The second-order valence-corrected chi connectivity index (χ2v) is 11.4. The van der Waals surface area contributed by atoms with Crippen LogP contribution in [0.4, 0.5) is 5.69 Å². The molecule has 3 aromatic carbocycles. The summed E-state index contributed by atoms with van der Waals surface area (Å²) < 4.78 is 28.5. The van der Waals surface area contributed by atoms with Crippen LogP contribution in [0.1, 0.15) is 35.7 Å². The molecule has 1 aliphatic rings. The van der Waals surface area contributed by atoms with Crippen LogP contribution in [0.2, 0.25) is 5.02 Å². The minimum absolute atomic E-state index is 0.0854. The fourth-order valence-corrected chi connectivity index (χ4v) is 6.22. The van der Waals surface area contributed by atoms with Gasteiger partial charge in [0.05, 0.1) is 16.1 Å². The van der Waals surface area contributed by atoms with E-state index >= 15 is 0 Å². The number of benzene rings is 3. The van der Waals surface area contributed by atoms with Crippen LogP contribution in [-0.4, -0.2) is 26.9 Å². The van der Waals surface area contributed by atoms with Gasteiger partial charge in [0.15, 0.2) is 0 Å². The molecule has 0 atom stereocenters. The van der Waals surface area contributed by atoms with E-state index < -0.39 is 10.0 Å². The molecule has 0 aliphatic heterocycles. The van der Waals surface area contributed by atoms with Gasteiger partial charge in [-0.1, -0.05) is 41.6 Å². The third-order valence-corrected chi connectivity index (χ3v) is 8.50. The Labute approximate surface area is 204 Å². The molecule has 1 amide bonds. The average molecular weight is 501 g/mol. The molecule has 3 aromatic rings. The SMILES string of the molecule is CCN(c1cccc(C)c1)S(=O)(=O)c1ccc(Sc2cccc(Cl)c2)c(C(=O)NC2CC2)c1. The van der Waals surface area contributed by atoms with Crippen molar-refractivity contribution in [2.75, 3.05) is 10.8 Å². The molecule has 0 unspecified atom stereocenters. The van der Waals surface area contributed by atoms with Gasteiger partial charge < -0.3 is 5.32 Å². The van der Waals surface area contributed by atoms with Crippen molar-refractivity contribution in [3.8, 4) is 0 Å². The lowest BCUT2D eigenvalue weighted by Crippen LogP contribution is -2.31. The lowest BCUT2D eigenvalue weighted by atomic mass is 10.2. The largest absolute Gasteiger partial charge is 0.349 e. The van der Waals surface area contributed by atoms with Gasteiger partial charge in [-0.3, -0.25) is 9.10 Å². The average Bonchev–Trinajstić information content (AvgIpc) is 3.58. The molecule has 0 radical (unpaired) electrons. The summed E-state index contributed by atoms with van der Waals surface area (Å²) in [5, 5.41) is 3.58. The van der Waals surface area contributed by atoms with Crippen LogP contribution in [0.25, 0.3) is 0 Å². The van der Waals surface area contributed by atoms with Crippen molar-refractivity contribution in [3.05, 3.63) is 82.9 Å². The van der Waals surface area contributed by atoms with Gasteiger partial charge in [0.25, 0.3) is 15.9 Å². The molecule has 1 N–H and O–H groups in total. The Morgan fingerprint density at radius 1 is 1.09 bits per heavy atom. The number of rotatable bonds is 8. The molecule has 0 heterocycles. The van der Waals surface area contributed by atoms with Gasteiger partial charge in [-0.25, -0.2) is 8.42 Å². The predicted octanol–water partition coefficient (Wildman–Crippen LogP) is 5.91. The van der Waals surface area contributed by atoms with E-state index in [0.717, 1.165) is 23.3 Å². The maximum Gasteiger partial charge on any atom is 0.264 e. The van der Waals surface area contributed by atoms with Crippen LogP contribution >= 0.6 is 23.4 Å². The number of anilines is 1. The van der Waals surface area contributed by atoms with Crippen LogP contribution in [0.3, 0.4) is 0 Å². The first-order chi connectivity index (χ1) is 15.8. The topological polar surface area (TPSA) is 66.5 Å². The number of carbonyl (C=O) groups is 1. The number of sulfonamides is 1. The molecule has 1 fully saturated rings. The molecule has 0 aromatic heterocycles. The first kappa shape index (κ1) is 23.7. The standard InChI is InChI=1S/C25H25ClN2O3S2/c1-3-28(20-8-4-6-17(2)14-20)33(30,31)22-12-13-24(32-21-9-5-7-18(26)15-21)23(16-22)25(29)27-19-10-11-19/h4-9,12-16,19H,3,10-11H2,1-2H3,(H,27,29). The van der Waals surface area contributed by atoms with Gasteiger partial charge in [0, 0.05) is 27.4 Å². The van der Waals surface area contributed by atoms with Gasteiger partial charge in [-0.2, -0.15) is 0 Å². The van der Waals surface area contributed by atoms with Crippen molar-refractivity contribution < 1.29 is 13.2 Å². The van der Waals surface area contributed by atoms with E-state index in [-0.39, 0.29) is 23.4 Å². The third kappa shape index (κ3) is 5.54. The molecule has 0 saturated heterocycles. The van der Waals surface area contributed by atoms with Gasteiger partial charge in [0.1, 0.15) is 0 Å². The van der Waals surface area contributed by atoms with Crippen molar-refractivity contribution in [1.29, 1.82) is 0 Å². The summed E-state index contributed by atoms with van der Waals surface area (Å²) in [5.41, 5.74) is 1.91. The first-order valence-corrected chi connectivity index (χ1v) is 13.4. The highest BCUT2D eigenvalue weighted by Crippen LogP contribution is 2.35. The number of hydrogen-bond acceptors (Lipinski definition) is 4. The Kier molecular flexibility index (Phi) is 7.02. The molecular formula is C25H25ClN2O3S2. The number of aryl methyl sites for hydroxylation is 1. The van der Waals surface area contributed by atoms with Gasteiger partial charge in [0.2, 0.25) is 0 Å². The lowest BCUT2D eigenvalue weighted by molar-refractivity contribution is 0.0948. The van der Waals surface area contributed by atoms with E-state index in [4.69, 9.17) is 11.6 Å². The smallest absolute Gasteiger partial charge is 0.264 e. The van der Waals surface area contributed by atoms with Crippen molar-refractivity contribution >= 4 is 45.0 Å². The number of nitrogens with one attached hydrogen (secondary N) is 1. The molecule has 5 nitrogen and oxygen atoms in total. The van der Waals surface area contributed by atoms with Gasteiger partial charge in [-0.05, 0) is 80.8 Å². The highest BCUT2D eigenvalue weighted by atomic mass is 35.5. The van der Waals surface area contributed by atoms with E-state index in [1.165, 1.54) is 22.1 Å². The minimum Gasteiger partial charge on any atom is -0.349 e. The number of carbonyl (C=O) groups excluding carboxylic acids is 1. The molecule has 33 heavy (non-hydrogen) atoms. The summed E-state index contributed by atoms with van der Waals surface area (Å²) in [6.45, 7) is 3.99. The van der Waals surface area contributed by atoms with Crippen LogP contribution < -0.4 is 9.62 Å². The molecule has 1 saturated carbocycles. The van der Waals surface area contributed by atoms with Crippen LogP contribution in [0.5, 0.6) is 0 Å². The number of halogens is 1. The van der Waals surface area contributed by atoms with Gasteiger partial charge in [-0.15, -0.1) is 0 Å². The van der Waals surface area contributed by atoms with E-state index in [1.54, 1.807) is 31.2 Å². The number of hydrogen-bond donors (Lipinski definition) is 1. The highest BCUT2D eigenvalue weighted by Gasteiger charge is 2.28. The van der Waals surface area contributed by atoms with E-state index in [0.29, 0.717) is 21.2 Å². The molecule has 8 heteroatoms. The maximum atomic E-state index is 13.6. The zero-order valence-corrected chi connectivity index (χ0v) is 20.8. The molecule has 172 valence electrons. The molecular weight excluding hydrogens is 476 g/mol. The predicted molar refractivity (Wildman–Crippen MR) is 134 cm³/mol. The monoisotopic (exact) mass is 500 g/mol. The second-order valence-electron chi connectivity index (χ2n) is 7.97. The Bertz CT molecular complexity index is 1290. The summed E-state index contributed by atoms with van der Waals surface area (Å²) in [5.74, 6) is -0.266. The molecule has 4 rings (SSSR count). The van der Waals surface area contributed by atoms with Crippen molar-refractivity contribution in [1.82, 2.24) is 5.32 Å². The Morgan fingerprint density at radius 3 is 2.52 bits per heavy atom. The van der Waals surface area contributed by atoms with Crippen LogP contribution in [-0.2, 0) is 10.0 Å². The Balaban J connectivity index is 1.74. The van der Waals surface area contributed by atoms with Crippen molar-refractivity contribution in [3.63, 3.8) is 0 Å². The summed E-state index contributed by atoms with van der Waals surface area (Å²) in [6.07, 6.45) is 1.88. The van der Waals surface area contributed by atoms with Crippen LogP contribution in [0.15, 0.2) is 81.4 Å². The fourth-order valence-electron chi connectivity index (χ4n) is 3.49. The second kappa shape index (κ2) is 9.79. The third-order valence-electron chi connectivity index (χ3n) is 5.30. The number of nitrogens with zero attached hydrogens (tertiary/aromatic N) is 1. The minimum atomic E-state index is -3.86. The quantitative estimate of drug-likeness (QED) is 0.417. The van der Waals surface area contributed by atoms with E-state index in [1.807, 2.05) is 43.3 Å². The maximum absolute atomic E-state index is 13.6. The molecule has 0 bridgehead atoms. The Morgan fingerprint density at radius 2 is 1.85 bits per heavy atom. The summed E-state index contributed by atoms with van der Waals surface area (Å²) in [4.78, 5) is 14.7. The van der Waals surface area contributed by atoms with E-state index in [2.05, 4.69) is 5.32 Å². The van der Waals surface area contributed by atoms with Crippen molar-refractivity contribution in [2.45, 2.75) is 47.4 Å². The highest BCUT2D eigenvalue weighted by molar-refractivity contribution is 7.99. The zero-order chi connectivity index (χ0) is 23.6. The van der Waals surface area contributed by atoms with Gasteiger partial charge >= 0.3 is 0 Å². The van der Waals surface area contributed by atoms with E-state index in [9.17, 15) is 13.2 Å². The molecule has 0 spiro atoms. The fraction of sp³-hybridized carbons (Fsp3) is 0.240. The Hall–Kier alpha value is -2.48. The first-order valence-electron chi connectivity index (χ1n) is 10.8. The normalized spacial score (nSPS) is 13.5. The summed E-state index contributed by atoms with van der Waals surface area (Å²) in [6, 6.07) is 19.6. The van der Waals surface area contributed by atoms with Crippen molar-refractivity contribution in [2.24, 2.45) is 0 Å². The zero-order valence-electron chi connectivity index (χ0n) is 18.4. The molecule has 1 aliphatic carbocycles. The summed E-state index contributed by atoms with van der Waals surface area (Å²) >= 11 is 7.50. The van der Waals surface area contributed by atoms with Crippen LogP contribution in [0, 0.1) is 6.92 Å².